The molecule has 16 heteroatoms. The lowest BCUT2D eigenvalue weighted by molar-refractivity contribution is -0.142. The molecule has 3 amide bonds. The number of rotatable bonds is 16. The van der Waals surface area contributed by atoms with Gasteiger partial charge in [0, 0.05) is 37.0 Å². The molecule has 0 saturated heterocycles. The molecular formula is C24H35N9O6S. The zero-order valence-electron chi connectivity index (χ0n) is 21.6. The van der Waals surface area contributed by atoms with Crippen LogP contribution in [-0.2, 0) is 32.0 Å². The van der Waals surface area contributed by atoms with Crippen LogP contribution in [0.3, 0.4) is 0 Å². The molecule has 2 rings (SSSR count). The number of nitrogens with zero attached hydrogens (tertiary/aromatic N) is 2. The Balaban J connectivity index is 2.23. The molecule has 1 heterocycles. The van der Waals surface area contributed by atoms with Crippen molar-refractivity contribution in [3.05, 3.63) is 48.0 Å². The van der Waals surface area contributed by atoms with Crippen molar-refractivity contribution < 1.29 is 29.4 Å². The minimum atomic E-state index is -1.28. The summed E-state index contributed by atoms with van der Waals surface area (Å²) < 4.78 is 0. The summed E-state index contributed by atoms with van der Waals surface area (Å²) >= 11 is 4.02. The van der Waals surface area contributed by atoms with Crippen LogP contribution in [0, 0.1) is 0 Å². The van der Waals surface area contributed by atoms with Crippen LogP contribution in [0.25, 0.3) is 0 Å². The number of carbonyl (C=O) groups excluding carboxylic acids is 3. The Bertz CT molecular complexity index is 1160. The van der Waals surface area contributed by atoms with Crippen LogP contribution < -0.4 is 33.2 Å². The standard InChI is InChI=1S/C24H35N9O6S/c25-16(11-40)20(35)32-18(8-13-3-5-15(34)6-4-13)21(36)33-19(9-14-10-28-12-30-14)22(37)31-17(23(38)39)2-1-7-29-24(26)27/h3-6,10,12,16-19,34,40H,1-2,7-9,11,25H2,(H,28,30)(H,31,37)(H,32,35)(H,33,36)(H,38,39)(H4,26,27,29). The number of thiol groups is 1. The molecule has 2 aromatic rings. The average molecular weight is 578 g/mol. The van der Waals surface area contributed by atoms with Crippen LogP contribution in [0.5, 0.6) is 5.75 Å². The van der Waals surface area contributed by atoms with Crippen molar-refractivity contribution in [2.75, 3.05) is 12.3 Å². The molecule has 0 aliphatic heterocycles. The second-order valence-electron chi connectivity index (χ2n) is 8.91. The maximum absolute atomic E-state index is 13.4. The summed E-state index contributed by atoms with van der Waals surface area (Å²) in [6, 6.07) is 1.37. The molecule has 0 bridgehead atoms. The van der Waals surface area contributed by atoms with Crippen LogP contribution in [0.4, 0.5) is 0 Å². The number of aliphatic carboxylic acids is 1. The Kier molecular flexibility index (Phi) is 12.7. The largest absolute Gasteiger partial charge is 0.508 e. The lowest BCUT2D eigenvalue weighted by Crippen LogP contribution is -2.58. The predicted octanol–water partition coefficient (Wildman–Crippen LogP) is -2.25. The van der Waals surface area contributed by atoms with Crippen LogP contribution >= 0.6 is 12.6 Å². The molecule has 4 unspecified atom stereocenters. The van der Waals surface area contributed by atoms with Gasteiger partial charge in [0.15, 0.2) is 5.96 Å². The minimum absolute atomic E-state index is 0.0120. The smallest absolute Gasteiger partial charge is 0.326 e. The quantitative estimate of drug-likeness (QED) is 0.0443. The summed E-state index contributed by atoms with van der Waals surface area (Å²) in [5, 5.41) is 26.8. The summed E-state index contributed by atoms with van der Waals surface area (Å²) in [5.74, 6) is -3.47. The van der Waals surface area contributed by atoms with E-state index < -0.39 is 47.9 Å². The minimum Gasteiger partial charge on any atom is -0.508 e. The van der Waals surface area contributed by atoms with Gasteiger partial charge < -0.3 is 48.3 Å². The number of imidazole rings is 1. The van der Waals surface area contributed by atoms with Gasteiger partial charge in [-0.1, -0.05) is 12.1 Å². The highest BCUT2D eigenvalue weighted by Gasteiger charge is 2.30. The van der Waals surface area contributed by atoms with E-state index in [1.54, 1.807) is 12.1 Å². The summed E-state index contributed by atoms with van der Waals surface area (Å²) in [6.45, 7) is 0.170. The number of hydrogen-bond donors (Lipinski definition) is 10. The fourth-order valence-electron chi connectivity index (χ4n) is 3.57. The highest BCUT2D eigenvalue weighted by molar-refractivity contribution is 7.80. The van der Waals surface area contributed by atoms with E-state index in [4.69, 9.17) is 17.2 Å². The number of phenols is 1. The molecule has 218 valence electrons. The fourth-order valence-corrected chi connectivity index (χ4v) is 3.74. The van der Waals surface area contributed by atoms with Gasteiger partial charge in [-0.25, -0.2) is 9.78 Å². The monoisotopic (exact) mass is 577 g/mol. The van der Waals surface area contributed by atoms with Gasteiger partial charge in [0.1, 0.15) is 23.9 Å². The number of carboxylic acid groups (broad SMARTS) is 1. The molecular weight excluding hydrogens is 542 g/mol. The molecule has 0 spiro atoms. The number of phenolic OH excluding ortho intramolecular Hbond substituents is 1. The van der Waals surface area contributed by atoms with Crippen molar-refractivity contribution in [3.63, 3.8) is 0 Å². The Labute approximate surface area is 235 Å². The first kappa shape index (κ1) is 31.9. The molecule has 15 nitrogen and oxygen atoms in total. The number of aromatic nitrogens is 2. The van der Waals surface area contributed by atoms with Crippen molar-refractivity contribution >= 4 is 42.3 Å². The second-order valence-corrected chi connectivity index (χ2v) is 9.28. The first-order valence-electron chi connectivity index (χ1n) is 12.3. The van der Waals surface area contributed by atoms with E-state index >= 15 is 0 Å². The summed E-state index contributed by atoms with van der Waals surface area (Å²) in [4.78, 5) is 61.5. The molecule has 0 radical (unpaired) electrons. The van der Waals surface area contributed by atoms with E-state index in [0.29, 0.717) is 11.3 Å². The first-order valence-corrected chi connectivity index (χ1v) is 12.9. The predicted molar refractivity (Wildman–Crippen MR) is 149 cm³/mol. The van der Waals surface area contributed by atoms with E-state index in [1.165, 1.54) is 24.7 Å². The van der Waals surface area contributed by atoms with E-state index in [1.807, 2.05) is 0 Å². The number of benzene rings is 1. The lowest BCUT2D eigenvalue weighted by Gasteiger charge is -2.25. The van der Waals surface area contributed by atoms with E-state index in [2.05, 4.69) is 43.5 Å². The van der Waals surface area contributed by atoms with Gasteiger partial charge in [-0.3, -0.25) is 19.4 Å². The third-order valence-electron chi connectivity index (χ3n) is 5.71. The Hall–Kier alpha value is -4.31. The number of nitrogens with two attached hydrogens (primary N) is 3. The summed E-state index contributed by atoms with van der Waals surface area (Å²) in [7, 11) is 0. The van der Waals surface area contributed by atoms with Crippen LogP contribution in [0.1, 0.15) is 24.1 Å². The highest BCUT2D eigenvalue weighted by Crippen LogP contribution is 2.12. The normalized spacial score (nSPS) is 13.8. The molecule has 1 aromatic carbocycles. The molecule has 0 aliphatic carbocycles. The Morgan fingerprint density at radius 1 is 0.975 bits per heavy atom. The number of H-pyrrole nitrogens is 1. The second kappa shape index (κ2) is 15.9. The molecule has 1 aromatic heterocycles. The molecule has 0 saturated carbocycles. The van der Waals surface area contributed by atoms with Crippen LogP contribution in [0.2, 0.25) is 0 Å². The van der Waals surface area contributed by atoms with E-state index in [-0.39, 0.29) is 49.7 Å². The number of aromatic hydroxyl groups is 1. The van der Waals surface area contributed by atoms with E-state index in [0.717, 1.165) is 0 Å². The van der Waals surface area contributed by atoms with Crippen molar-refractivity contribution in [1.82, 2.24) is 25.9 Å². The van der Waals surface area contributed by atoms with Gasteiger partial charge in [0.2, 0.25) is 17.7 Å². The molecule has 0 fully saturated rings. The third kappa shape index (κ3) is 10.8. The Morgan fingerprint density at radius 3 is 2.12 bits per heavy atom. The van der Waals surface area contributed by atoms with Crippen molar-refractivity contribution in [1.29, 1.82) is 0 Å². The number of aromatic amines is 1. The van der Waals surface area contributed by atoms with Gasteiger partial charge >= 0.3 is 5.97 Å². The van der Waals surface area contributed by atoms with Crippen molar-refractivity contribution in [3.8, 4) is 5.75 Å². The van der Waals surface area contributed by atoms with Gasteiger partial charge in [0.25, 0.3) is 0 Å². The number of aliphatic imine (C=N–C) groups is 1. The van der Waals surface area contributed by atoms with Gasteiger partial charge in [-0.05, 0) is 30.5 Å². The number of hydrogen-bond acceptors (Lipinski definition) is 9. The lowest BCUT2D eigenvalue weighted by atomic mass is 10.0. The SMILES string of the molecule is NC(N)=NCCCC(NC(=O)C(Cc1cnc[nH]1)NC(=O)C(Cc1ccc(O)cc1)NC(=O)C(N)CS)C(=O)O. The van der Waals surface area contributed by atoms with E-state index in [9.17, 15) is 29.4 Å². The molecule has 40 heavy (non-hydrogen) atoms. The fraction of sp³-hybridized carbons (Fsp3) is 0.417. The van der Waals surface area contributed by atoms with Gasteiger partial charge in [0.05, 0.1) is 12.4 Å². The molecule has 12 N–H and O–H groups in total. The maximum atomic E-state index is 13.4. The van der Waals surface area contributed by atoms with Crippen molar-refractivity contribution in [2.24, 2.45) is 22.2 Å². The summed E-state index contributed by atoms with van der Waals surface area (Å²) in [6.07, 6.45) is 3.12. The van der Waals surface area contributed by atoms with Crippen LogP contribution in [0.15, 0.2) is 41.8 Å². The van der Waals surface area contributed by atoms with Gasteiger partial charge in [-0.15, -0.1) is 0 Å². The molecule has 0 aliphatic rings. The zero-order chi connectivity index (χ0) is 29.7. The highest BCUT2D eigenvalue weighted by atomic mass is 32.1. The first-order chi connectivity index (χ1) is 19.0. The number of nitrogens with one attached hydrogen (secondary N) is 4. The Morgan fingerprint density at radius 2 is 1.57 bits per heavy atom. The number of carbonyl (C=O) groups is 4. The van der Waals surface area contributed by atoms with Gasteiger partial charge in [-0.2, -0.15) is 12.6 Å². The summed E-state index contributed by atoms with van der Waals surface area (Å²) in [5.41, 5.74) is 17.4. The van der Waals surface area contributed by atoms with Crippen molar-refractivity contribution in [2.45, 2.75) is 49.9 Å². The molecule has 4 atom stereocenters. The topological polar surface area (TPSA) is 264 Å². The number of carboxylic acids is 1. The number of amides is 3. The van der Waals surface area contributed by atoms with Crippen LogP contribution in [-0.4, -0.2) is 86.3 Å². The zero-order valence-corrected chi connectivity index (χ0v) is 22.5. The maximum Gasteiger partial charge on any atom is 0.326 e. The third-order valence-corrected chi connectivity index (χ3v) is 6.11. The number of guanidine groups is 1. The average Bonchev–Trinajstić information content (AvgIpc) is 3.43.